The van der Waals surface area contributed by atoms with Crippen LogP contribution in [0.3, 0.4) is 0 Å². The van der Waals surface area contributed by atoms with Gasteiger partial charge in [-0.3, -0.25) is 4.79 Å². The molecule has 112 valence electrons. The average molecular weight is 319 g/mol. The molecule has 0 unspecified atom stereocenters. The third kappa shape index (κ3) is 3.62. The first-order chi connectivity index (χ1) is 9.20. The van der Waals surface area contributed by atoms with E-state index in [9.17, 15) is 13.2 Å². The number of sulfonamides is 1. The topological polar surface area (TPSA) is 79.0 Å². The van der Waals surface area contributed by atoms with Crippen LogP contribution in [0.5, 0.6) is 0 Å². The number of rotatable bonds is 3. The van der Waals surface area contributed by atoms with Crippen LogP contribution in [0.4, 0.5) is 0 Å². The molecule has 1 saturated carbocycles. The molecule has 1 fully saturated rings. The van der Waals surface area contributed by atoms with Crippen LogP contribution in [0.1, 0.15) is 39.5 Å². The Bertz CT molecular complexity index is 642. The minimum absolute atomic E-state index is 0.00747. The molecule has 0 saturated heterocycles. The normalized spacial score (nSPS) is 19.9. The molecule has 0 aromatic carbocycles. The highest BCUT2D eigenvalue weighted by Crippen LogP contribution is 2.35. The zero-order valence-electron chi connectivity index (χ0n) is 11.6. The lowest BCUT2D eigenvalue weighted by atomic mass is 9.76. The van der Waals surface area contributed by atoms with Crippen LogP contribution >= 0.6 is 11.6 Å². The zero-order valence-corrected chi connectivity index (χ0v) is 13.1. The molecule has 1 aromatic rings. The molecule has 0 radical (unpaired) electrons. The van der Waals surface area contributed by atoms with Crippen molar-refractivity contribution in [2.45, 2.75) is 50.5 Å². The summed E-state index contributed by atoms with van der Waals surface area (Å²) in [6.07, 6.45) is 4.80. The number of halogens is 1. The van der Waals surface area contributed by atoms with Crippen molar-refractivity contribution in [1.82, 2.24) is 9.71 Å². The Hall–Kier alpha value is -0.850. The summed E-state index contributed by atoms with van der Waals surface area (Å²) in [5.41, 5.74) is -0.214. The lowest BCUT2D eigenvalue weighted by Crippen LogP contribution is -2.39. The van der Waals surface area contributed by atoms with Gasteiger partial charge in [0.1, 0.15) is 5.02 Å². The summed E-state index contributed by atoms with van der Waals surface area (Å²) in [6, 6.07) is 1.12. The molecule has 7 heteroatoms. The molecule has 0 bridgehead atoms. The number of pyridine rings is 1. The zero-order chi connectivity index (χ0) is 15.0. The Morgan fingerprint density at radius 2 is 1.95 bits per heavy atom. The smallest absolute Gasteiger partial charge is 0.266 e. The summed E-state index contributed by atoms with van der Waals surface area (Å²) in [4.78, 5) is 13.5. The van der Waals surface area contributed by atoms with Gasteiger partial charge in [0, 0.05) is 12.2 Å². The van der Waals surface area contributed by atoms with Gasteiger partial charge in [0.2, 0.25) is 10.0 Å². The number of aromatic nitrogens is 1. The molecule has 0 amide bonds. The lowest BCUT2D eigenvalue weighted by molar-refractivity contribution is 0.218. The lowest BCUT2D eigenvalue weighted by Gasteiger charge is -2.34. The monoisotopic (exact) mass is 318 g/mol. The van der Waals surface area contributed by atoms with E-state index in [-0.39, 0.29) is 21.4 Å². The Morgan fingerprint density at radius 1 is 1.35 bits per heavy atom. The second-order valence-electron chi connectivity index (χ2n) is 6.07. The number of nitrogens with one attached hydrogen (secondary N) is 2. The second kappa shape index (κ2) is 5.50. The van der Waals surface area contributed by atoms with E-state index in [1.807, 2.05) is 0 Å². The SMILES string of the molecule is CC1(C)CCC(NS(=O)(=O)c2c[nH]c(=O)c(Cl)c2)CC1. The first kappa shape index (κ1) is 15.5. The maximum atomic E-state index is 12.2. The molecule has 2 rings (SSSR count). The van der Waals surface area contributed by atoms with Crippen molar-refractivity contribution < 1.29 is 8.42 Å². The summed E-state index contributed by atoms with van der Waals surface area (Å²) in [6.45, 7) is 4.39. The van der Waals surface area contributed by atoms with Crippen LogP contribution in [0.15, 0.2) is 22.0 Å². The third-order valence-electron chi connectivity index (χ3n) is 3.80. The molecule has 0 aliphatic heterocycles. The van der Waals surface area contributed by atoms with Crippen LogP contribution in [0, 0.1) is 5.41 Å². The highest BCUT2D eigenvalue weighted by molar-refractivity contribution is 7.89. The van der Waals surface area contributed by atoms with Crippen LogP contribution < -0.4 is 10.3 Å². The predicted molar refractivity (Wildman–Crippen MR) is 78.4 cm³/mol. The summed E-state index contributed by atoms with van der Waals surface area (Å²) >= 11 is 5.66. The molecule has 1 aromatic heterocycles. The van der Waals surface area contributed by atoms with Gasteiger partial charge < -0.3 is 4.98 Å². The van der Waals surface area contributed by atoms with Gasteiger partial charge in [-0.2, -0.15) is 0 Å². The van der Waals surface area contributed by atoms with Gasteiger partial charge in [-0.1, -0.05) is 25.4 Å². The highest BCUT2D eigenvalue weighted by atomic mass is 35.5. The minimum Gasteiger partial charge on any atom is -0.326 e. The van der Waals surface area contributed by atoms with Crippen molar-refractivity contribution >= 4 is 21.6 Å². The number of hydrogen-bond acceptors (Lipinski definition) is 3. The van der Waals surface area contributed by atoms with Crippen LogP contribution in [-0.4, -0.2) is 19.4 Å². The van der Waals surface area contributed by atoms with Gasteiger partial charge >= 0.3 is 0 Å². The van der Waals surface area contributed by atoms with Gasteiger partial charge in [-0.25, -0.2) is 13.1 Å². The summed E-state index contributed by atoms with van der Waals surface area (Å²) in [5.74, 6) is 0. The first-order valence-corrected chi connectivity index (χ1v) is 8.46. The van der Waals surface area contributed by atoms with Gasteiger partial charge in [0.25, 0.3) is 5.56 Å². The maximum Gasteiger partial charge on any atom is 0.266 e. The van der Waals surface area contributed by atoms with Gasteiger partial charge in [-0.05, 0) is 37.2 Å². The van der Waals surface area contributed by atoms with E-state index >= 15 is 0 Å². The molecule has 5 nitrogen and oxygen atoms in total. The van der Waals surface area contributed by atoms with Gasteiger partial charge in [0.05, 0.1) is 4.90 Å². The van der Waals surface area contributed by atoms with Gasteiger partial charge in [-0.15, -0.1) is 0 Å². The van der Waals surface area contributed by atoms with Crippen molar-refractivity contribution in [2.75, 3.05) is 0 Å². The Balaban J connectivity index is 2.12. The Labute approximate surface area is 123 Å². The molecule has 2 N–H and O–H groups in total. The second-order valence-corrected chi connectivity index (χ2v) is 8.19. The first-order valence-electron chi connectivity index (χ1n) is 6.60. The molecule has 1 heterocycles. The third-order valence-corrected chi connectivity index (χ3v) is 5.58. The molecule has 0 atom stereocenters. The van der Waals surface area contributed by atoms with E-state index in [2.05, 4.69) is 23.6 Å². The van der Waals surface area contributed by atoms with E-state index in [1.165, 1.54) is 12.3 Å². The van der Waals surface area contributed by atoms with Crippen LogP contribution in [0.25, 0.3) is 0 Å². The molecule has 20 heavy (non-hydrogen) atoms. The Kier molecular flexibility index (Phi) is 4.27. The molecule has 1 aliphatic rings. The van der Waals surface area contributed by atoms with Gasteiger partial charge in [0.15, 0.2) is 0 Å². The fourth-order valence-corrected chi connectivity index (χ4v) is 3.93. The van der Waals surface area contributed by atoms with Crippen molar-refractivity contribution in [3.63, 3.8) is 0 Å². The van der Waals surface area contributed by atoms with E-state index in [4.69, 9.17) is 11.6 Å². The Morgan fingerprint density at radius 3 is 2.50 bits per heavy atom. The van der Waals surface area contributed by atoms with E-state index in [0.717, 1.165) is 25.7 Å². The van der Waals surface area contributed by atoms with Crippen molar-refractivity contribution in [1.29, 1.82) is 0 Å². The summed E-state index contributed by atoms with van der Waals surface area (Å²) in [5, 5.41) is -0.127. The number of H-pyrrole nitrogens is 1. The van der Waals surface area contributed by atoms with Crippen LogP contribution in [-0.2, 0) is 10.0 Å². The molecule has 1 aliphatic carbocycles. The van der Waals surface area contributed by atoms with Crippen LogP contribution in [0.2, 0.25) is 5.02 Å². The van der Waals surface area contributed by atoms with Crippen molar-refractivity contribution in [3.05, 3.63) is 27.6 Å². The molecule has 0 spiro atoms. The predicted octanol–water partition coefficient (Wildman–Crippen LogP) is 2.28. The van der Waals surface area contributed by atoms with E-state index in [0.29, 0.717) is 0 Å². The summed E-state index contributed by atoms with van der Waals surface area (Å²) < 4.78 is 27.2. The summed E-state index contributed by atoms with van der Waals surface area (Å²) in [7, 11) is -3.64. The number of hydrogen-bond donors (Lipinski definition) is 2. The van der Waals surface area contributed by atoms with Crippen molar-refractivity contribution in [3.8, 4) is 0 Å². The maximum absolute atomic E-state index is 12.2. The number of aromatic amines is 1. The fraction of sp³-hybridized carbons (Fsp3) is 0.615. The van der Waals surface area contributed by atoms with Crippen molar-refractivity contribution in [2.24, 2.45) is 5.41 Å². The van der Waals surface area contributed by atoms with E-state index < -0.39 is 15.6 Å². The molecular weight excluding hydrogens is 300 g/mol. The largest absolute Gasteiger partial charge is 0.326 e. The minimum atomic E-state index is -3.64. The average Bonchev–Trinajstić information content (AvgIpc) is 2.35. The fourth-order valence-electron chi connectivity index (χ4n) is 2.40. The quantitative estimate of drug-likeness (QED) is 0.897. The van der Waals surface area contributed by atoms with E-state index in [1.54, 1.807) is 0 Å². The highest BCUT2D eigenvalue weighted by Gasteiger charge is 2.29. The molecular formula is C13H19ClN2O3S. The standard InChI is InChI=1S/C13H19ClN2O3S/c1-13(2)5-3-9(4-6-13)16-20(18,19)10-7-11(14)12(17)15-8-10/h7-9,16H,3-6H2,1-2H3,(H,15,17).